The number of alkyl halides is 3. The maximum atomic E-state index is 13.6. The fourth-order valence-electron chi connectivity index (χ4n) is 3.63. The zero-order valence-electron chi connectivity index (χ0n) is 16.2. The molecule has 10 heteroatoms. The Morgan fingerprint density at radius 1 is 1.29 bits per heavy atom. The first-order valence-electron chi connectivity index (χ1n) is 9.32. The summed E-state index contributed by atoms with van der Waals surface area (Å²) in [5.41, 5.74) is 1.17. The lowest BCUT2D eigenvalue weighted by molar-refractivity contribution is -0.138. The second-order valence-electron chi connectivity index (χ2n) is 7.11. The van der Waals surface area contributed by atoms with E-state index in [4.69, 9.17) is 21.7 Å². The van der Waals surface area contributed by atoms with Crippen LogP contribution in [0.2, 0.25) is 5.02 Å². The molecule has 0 amide bonds. The highest BCUT2D eigenvalue weighted by atomic mass is 35.5. The number of carbonyl (C=O) groups is 1. The maximum Gasteiger partial charge on any atom is 0.417 e. The summed E-state index contributed by atoms with van der Waals surface area (Å²) in [7, 11) is 0. The number of carboxylic acids is 1. The fraction of sp³-hybridized carbons (Fsp3) is 0.238. The Kier molecular flexibility index (Phi) is 5.30. The van der Waals surface area contributed by atoms with Crippen LogP contribution < -0.4 is 0 Å². The van der Waals surface area contributed by atoms with E-state index in [-0.39, 0.29) is 18.5 Å². The minimum Gasteiger partial charge on any atom is -0.481 e. The van der Waals surface area contributed by atoms with Crippen LogP contribution >= 0.6 is 11.6 Å². The Morgan fingerprint density at radius 2 is 2.06 bits per heavy atom. The molecule has 0 spiro atoms. The van der Waals surface area contributed by atoms with E-state index in [9.17, 15) is 18.0 Å². The van der Waals surface area contributed by atoms with Crippen molar-refractivity contribution in [2.75, 3.05) is 0 Å². The first kappa shape index (κ1) is 21.0. The van der Waals surface area contributed by atoms with Crippen molar-refractivity contribution in [3.8, 4) is 5.69 Å². The van der Waals surface area contributed by atoms with Crippen molar-refractivity contribution in [2.45, 2.75) is 32.0 Å². The number of aromatic nitrogens is 3. The minimum absolute atomic E-state index is 0.128. The van der Waals surface area contributed by atoms with Crippen molar-refractivity contribution in [3.05, 3.63) is 76.1 Å². The van der Waals surface area contributed by atoms with Crippen LogP contribution in [-0.4, -0.2) is 31.3 Å². The highest BCUT2D eigenvalue weighted by Gasteiger charge is 2.36. The van der Waals surface area contributed by atoms with E-state index in [1.165, 1.54) is 12.3 Å². The molecule has 1 aliphatic heterocycles. The summed E-state index contributed by atoms with van der Waals surface area (Å²) >= 11 is 6.04. The Morgan fingerprint density at radius 3 is 2.71 bits per heavy atom. The van der Waals surface area contributed by atoms with Crippen molar-refractivity contribution < 1.29 is 23.1 Å². The molecule has 1 aromatic carbocycles. The second-order valence-corrected chi connectivity index (χ2v) is 7.51. The van der Waals surface area contributed by atoms with Crippen LogP contribution in [0.5, 0.6) is 0 Å². The number of aryl methyl sites for hydroxylation is 1. The smallest absolute Gasteiger partial charge is 0.417 e. The zero-order valence-corrected chi connectivity index (χ0v) is 16.9. The zero-order chi connectivity index (χ0) is 22.3. The summed E-state index contributed by atoms with van der Waals surface area (Å²) in [6, 6.07) is 4.97. The molecule has 0 bridgehead atoms. The lowest BCUT2D eigenvalue weighted by Crippen LogP contribution is -2.13. The average molecular weight is 449 g/mol. The molecular weight excluding hydrogens is 433 g/mol. The summed E-state index contributed by atoms with van der Waals surface area (Å²) < 4.78 is 42.4. The number of fused-ring (bicyclic) bond motifs is 3. The van der Waals surface area contributed by atoms with Gasteiger partial charge in [-0.15, -0.1) is 0 Å². The van der Waals surface area contributed by atoms with Gasteiger partial charge in [0.15, 0.2) is 0 Å². The van der Waals surface area contributed by atoms with Crippen molar-refractivity contribution in [1.82, 2.24) is 14.5 Å². The normalized spacial score (nSPS) is 15.6. The predicted molar refractivity (Wildman–Crippen MR) is 108 cm³/mol. The van der Waals surface area contributed by atoms with Gasteiger partial charge in [0.25, 0.3) is 0 Å². The van der Waals surface area contributed by atoms with Crippen LogP contribution in [0.1, 0.15) is 47.1 Å². The van der Waals surface area contributed by atoms with E-state index in [0.29, 0.717) is 28.4 Å². The van der Waals surface area contributed by atoms with Crippen molar-refractivity contribution in [2.24, 2.45) is 4.99 Å². The summed E-state index contributed by atoms with van der Waals surface area (Å²) in [5, 5.41) is 8.71. The van der Waals surface area contributed by atoms with Gasteiger partial charge >= 0.3 is 12.1 Å². The van der Waals surface area contributed by atoms with Gasteiger partial charge in [-0.3, -0.25) is 19.3 Å². The number of carboxylic acid groups (broad SMARTS) is 1. The molecule has 0 saturated carbocycles. The molecule has 1 N–H and O–H groups in total. The molecule has 3 heterocycles. The van der Waals surface area contributed by atoms with Gasteiger partial charge < -0.3 is 5.11 Å². The molecule has 31 heavy (non-hydrogen) atoms. The number of rotatable bonds is 4. The van der Waals surface area contributed by atoms with Gasteiger partial charge in [-0.05, 0) is 37.6 Å². The summed E-state index contributed by atoms with van der Waals surface area (Å²) in [4.78, 5) is 24.4. The molecule has 0 aliphatic carbocycles. The fourth-order valence-corrected chi connectivity index (χ4v) is 3.90. The number of pyridine rings is 1. The Bertz CT molecular complexity index is 1190. The molecule has 0 fully saturated rings. The lowest BCUT2D eigenvalue weighted by Gasteiger charge is -2.17. The minimum atomic E-state index is -4.65. The van der Waals surface area contributed by atoms with Crippen LogP contribution in [0.25, 0.3) is 5.69 Å². The molecule has 1 aliphatic rings. The molecule has 160 valence electrons. The highest BCUT2D eigenvalue weighted by Crippen LogP contribution is 2.41. The van der Waals surface area contributed by atoms with Crippen LogP contribution in [-0.2, 0) is 11.0 Å². The molecule has 0 saturated heterocycles. The number of imidazole rings is 1. The van der Waals surface area contributed by atoms with Crippen LogP contribution in [0, 0.1) is 6.92 Å². The van der Waals surface area contributed by atoms with Gasteiger partial charge in [0.05, 0.1) is 22.0 Å². The first-order valence-corrected chi connectivity index (χ1v) is 9.70. The van der Waals surface area contributed by atoms with Crippen LogP contribution in [0.4, 0.5) is 13.2 Å². The van der Waals surface area contributed by atoms with E-state index in [1.54, 1.807) is 36.0 Å². The quantitative estimate of drug-likeness (QED) is 0.608. The monoisotopic (exact) mass is 448 g/mol. The van der Waals surface area contributed by atoms with E-state index >= 15 is 0 Å². The molecule has 3 aromatic rings. The molecular formula is C21H16ClF3N4O2. The van der Waals surface area contributed by atoms with Crippen molar-refractivity contribution >= 4 is 23.3 Å². The molecule has 6 nitrogen and oxygen atoms in total. The second kappa shape index (κ2) is 7.81. The van der Waals surface area contributed by atoms with E-state index in [0.717, 1.165) is 6.07 Å². The largest absolute Gasteiger partial charge is 0.481 e. The highest BCUT2D eigenvalue weighted by molar-refractivity contribution is 6.32. The average Bonchev–Trinajstić information content (AvgIpc) is 3.02. The number of aliphatic imine (C=N–C) groups is 1. The van der Waals surface area contributed by atoms with Gasteiger partial charge in [0.2, 0.25) is 0 Å². The van der Waals surface area contributed by atoms with Crippen molar-refractivity contribution in [1.29, 1.82) is 0 Å². The predicted octanol–water partition coefficient (Wildman–Crippen LogP) is 5.00. The third kappa shape index (κ3) is 3.93. The standard InChI is InChI=1S/C21H16ClF3N4O2/c1-11-9-27-20-16(4-5-18(30)31)28-19(12-3-2-6-26-10-12)13-7-15(22)14(21(23,24)25)8-17(13)29(11)20/h2-3,6-10,16H,4-5H2,1H3,(H,30,31)/t16-/m0/s1. The van der Waals surface area contributed by atoms with Gasteiger partial charge in [-0.2, -0.15) is 13.2 Å². The van der Waals surface area contributed by atoms with Gasteiger partial charge in [0.1, 0.15) is 11.9 Å². The number of hydrogen-bond acceptors (Lipinski definition) is 4. The van der Waals surface area contributed by atoms with E-state index in [1.807, 2.05) is 0 Å². The number of nitrogens with zero attached hydrogens (tertiary/aromatic N) is 4. The lowest BCUT2D eigenvalue weighted by atomic mass is 9.99. The summed E-state index contributed by atoms with van der Waals surface area (Å²) in [5.74, 6) is -0.633. The van der Waals surface area contributed by atoms with E-state index < -0.39 is 28.8 Å². The maximum absolute atomic E-state index is 13.6. The van der Waals surface area contributed by atoms with Gasteiger partial charge in [0, 0.05) is 41.8 Å². The number of halogens is 4. The topological polar surface area (TPSA) is 80.4 Å². The third-order valence-corrected chi connectivity index (χ3v) is 5.31. The summed E-state index contributed by atoms with van der Waals surface area (Å²) in [6.45, 7) is 1.71. The SMILES string of the molecule is Cc1cnc2n1-c1cc(C(F)(F)F)c(Cl)cc1C(c1cccnc1)=N[C@H]2CCC(=O)O. The molecule has 1 atom stereocenters. The van der Waals surface area contributed by atoms with Crippen LogP contribution in [0.3, 0.4) is 0 Å². The number of hydrogen-bond donors (Lipinski definition) is 1. The van der Waals surface area contributed by atoms with Gasteiger partial charge in [-0.1, -0.05) is 11.6 Å². The molecule has 2 aromatic heterocycles. The van der Waals surface area contributed by atoms with Crippen molar-refractivity contribution in [3.63, 3.8) is 0 Å². The van der Waals surface area contributed by atoms with E-state index in [2.05, 4.69) is 9.97 Å². The van der Waals surface area contributed by atoms with Gasteiger partial charge in [-0.25, -0.2) is 4.98 Å². The Hall–Kier alpha value is -3.20. The third-order valence-electron chi connectivity index (χ3n) is 5.00. The number of aliphatic carboxylic acids is 1. The Labute approximate surface area is 180 Å². The van der Waals surface area contributed by atoms with Crippen LogP contribution in [0.15, 0.2) is 47.8 Å². The molecule has 0 radical (unpaired) electrons. The molecule has 4 rings (SSSR count). The molecule has 0 unspecified atom stereocenters. The first-order chi connectivity index (χ1) is 14.7. The number of benzene rings is 1. The summed E-state index contributed by atoms with van der Waals surface area (Å²) in [6.07, 6.45) is -0.0582. The Balaban J connectivity index is 2.03.